The largest absolute Gasteiger partial charge is 0.383 e. The van der Waals surface area contributed by atoms with Gasteiger partial charge >= 0.3 is 0 Å². The Balaban J connectivity index is 2.00. The van der Waals surface area contributed by atoms with Crippen molar-refractivity contribution >= 4 is 11.6 Å². The van der Waals surface area contributed by atoms with Gasteiger partial charge in [-0.15, -0.1) is 0 Å². The molecule has 2 rings (SSSR count). The molecule has 1 aliphatic rings. The molecule has 3 nitrogen and oxygen atoms in total. The van der Waals surface area contributed by atoms with Gasteiger partial charge in [0.25, 0.3) is 0 Å². The zero-order valence-electron chi connectivity index (χ0n) is 12.3. The quantitative estimate of drug-likeness (QED) is 0.817. The Labute approximate surface area is 126 Å². The second-order valence-electron chi connectivity index (χ2n) is 5.40. The molecule has 1 N–H and O–H groups in total. The lowest BCUT2D eigenvalue weighted by Gasteiger charge is -2.32. The molecule has 0 aliphatic carbocycles. The lowest BCUT2D eigenvalue weighted by atomic mass is 9.89. The highest BCUT2D eigenvalue weighted by Gasteiger charge is 2.27. The summed E-state index contributed by atoms with van der Waals surface area (Å²) in [6.45, 7) is 5.45. The summed E-state index contributed by atoms with van der Waals surface area (Å²) in [4.78, 5) is 0. The smallest absolute Gasteiger partial charge is 0.0865 e. The van der Waals surface area contributed by atoms with Crippen LogP contribution in [0.1, 0.15) is 30.1 Å². The summed E-state index contributed by atoms with van der Waals surface area (Å²) >= 11 is 6.24. The van der Waals surface area contributed by atoms with Crippen LogP contribution in [0.3, 0.4) is 0 Å². The molecule has 2 unspecified atom stereocenters. The lowest BCUT2D eigenvalue weighted by Crippen LogP contribution is -2.33. The van der Waals surface area contributed by atoms with E-state index in [9.17, 15) is 0 Å². The van der Waals surface area contributed by atoms with Crippen molar-refractivity contribution < 1.29 is 9.47 Å². The number of halogens is 1. The van der Waals surface area contributed by atoms with E-state index in [0.29, 0.717) is 5.92 Å². The Hall–Kier alpha value is -0.610. The fourth-order valence-electron chi connectivity index (χ4n) is 2.67. The number of rotatable bonds is 6. The van der Waals surface area contributed by atoms with Gasteiger partial charge in [-0.25, -0.2) is 0 Å². The van der Waals surface area contributed by atoms with Crippen LogP contribution in [0, 0.1) is 12.8 Å². The third kappa shape index (κ3) is 4.19. The maximum atomic E-state index is 6.24. The minimum absolute atomic E-state index is 0.150. The van der Waals surface area contributed by atoms with E-state index in [2.05, 4.69) is 23.5 Å². The van der Waals surface area contributed by atoms with Gasteiger partial charge in [0.2, 0.25) is 0 Å². The molecule has 1 aliphatic heterocycles. The van der Waals surface area contributed by atoms with Crippen molar-refractivity contribution in [3.05, 3.63) is 34.3 Å². The van der Waals surface area contributed by atoms with Gasteiger partial charge in [0, 0.05) is 37.7 Å². The summed E-state index contributed by atoms with van der Waals surface area (Å²) in [5, 5.41) is 4.27. The fraction of sp³-hybridized carbons (Fsp3) is 0.625. The highest BCUT2D eigenvalue weighted by Crippen LogP contribution is 2.34. The minimum atomic E-state index is 0.150. The summed E-state index contributed by atoms with van der Waals surface area (Å²) in [5.74, 6) is 0.499. The number of hydrogen-bond acceptors (Lipinski definition) is 3. The fourth-order valence-corrected chi connectivity index (χ4v) is 2.86. The molecule has 2 atom stereocenters. The SMILES string of the molecule is COCCNCC1CCCOC1c1ccc(C)c(Cl)c1. The molecule has 0 saturated carbocycles. The van der Waals surface area contributed by atoms with Crippen molar-refractivity contribution in [2.45, 2.75) is 25.9 Å². The summed E-state index contributed by atoms with van der Waals surface area (Å²) < 4.78 is 11.1. The van der Waals surface area contributed by atoms with Gasteiger partial charge in [0.1, 0.15) is 0 Å². The average Bonchev–Trinajstić information content (AvgIpc) is 2.47. The molecule has 112 valence electrons. The molecule has 0 bridgehead atoms. The van der Waals surface area contributed by atoms with Crippen molar-refractivity contribution in [2.75, 3.05) is 33.4 Å². The minimum Gasteiger partial charge on any atom is -0.383 e. The van der Waals surface area contributed by atoms with Crippen LogP contribution in [0.5, 0.6) is 0 Å². The number of aryl methyl sites for hydroxylation is 1. The highest BCUT2D eigenvalue weighted by atomic mass is 35.5. The Morgan fingerprint density at radius 2 is 2.30 bits per heavy atom. The van der Waals surface area contributed by atoms with Gasteiger partial charge in [-0.2, -0.15) is 0 Å². The van der Waals surface area contributed by atoms with Crippen LogP contribution in [0.25, 0.3) is 0 Å². The van der Waals surface area contributed by atoms with Crippen molar-refractivity contribution in [1.82, 2.24) is 5.32 Å². The topological polar surface area (TPSA) is 30.5 Å². The third-order valence-corrected chi connectivity index (χ3v) is 4.27. The van der Waals surface area contributed by atoms with Gasteiger partial charge in [-0.1, -0.05) is 23.7 Å². The highest BCUT2D eigenvalue weighted by molar-refractivity contribution is 6.31. The summed E-state index contributed by atoms with van der Waals surface area (Å²) in [7, 11) is 1.72. The maximum Gasteiger partial charge on any atom is 0.0865 e. The van der Waals surface area contributed by atoms with Crippen molar-refractivity contribution in [3.8, 4) is 0 Å². The molecule has 1 saturated heterocycles. The predicted molar refractivity (Wildman–Crippen MR) is 82.4 cm³/mol. The molecule has 0 spiro atoms. The first-order valence-electron chi connectivity index (χ1n) is 7.29. The van der Waals surface area contributed by atoms with Gasteiger partial charge < -0.3 is 14.8 Å². The first-order chi connectivity index (χ1) is 9.72. The molecule has 1 aromatic carbocycles. The van der Waals surface area contributed by atoms with Gasteiger partial charge in [0.05, 0.1) is 12.7 Å². The Morgan fingerprint density at radius 1 is 1.45 bits per heavy atom. The molecule has 4 heteroatoms. The standard InChI is InChI=1S/C16H24ClNO2/c1-12-5-6-13(10-15(12)17)16-14(4-3-8-20-16)11-18-7-9-19-2/h5-6,10,14,16,18H,3-4,7-9,11H2,1-2H3. The maximum absolute atomic E-state index is 6.24. The molecule has 20 heavy (non-hydrogen) atoms. The molecule has 1 fully saturated rings. The van der Waals surface area contributed by atoms with Crippen molar-refractivity contribution in [2.24, 2.45) is 5.92 Å². The van der Waals surface area contributed by atoms with Crippen LogP contribution in [-0.4, -0.2) is 33.4 Å². The van der Waals surface area contributed by atoms with E-state index in [1.807, 2.05) is 6.92 Å². The molecular weight excluding hydrogens is 274 g/mol. The lowest BCUT2D eigenvalue weighted by molar-refractivity contribution is -0.0280. The number of nitrogens with one attached hydrogen (secondary N) is 1. The Kier molecular flexibility index (Phi) is 6.30. The zero-order valence-corrected chi connectivity index (χ0v) is 13.1. The van der Waals surface area contributed by atoms with E-state index >= 15 is 0 Å². The van der Waals surface area contributed by atoms with Crippen molar-refractivity contribution in [1.29, 1.82) is 0 Å². The van der Waals surface area contributed by atoms with E-state index in [1.165, 1.54) is 12.0 Å². The van der Waals surface area contributed by atoms with E-state index in [4.69, 9.17) is 21.1 Å². The van der Waals surface area contributed by atoms with Gasteiger partial charge in [0.15, 0.2) is 0 Å². The Morgan fingerprint density at radius 3 is 3.05 bits per heavy atom. The van der Waals surface area contributed by atoms with Crippen LogP contribution in [0.4, 0.5) is 0 Å². The van der Waals surface area contributed by atoms with Gasteiger partial charge in [-0.3, -0.25) is 0 Å². The van der Waals surface area contributed by atoms with E-state index in [0.717, 1.165) is 43.3 Å². The zero-order chi connectivity index (χ0) is 14.4. The first-order valence-corrected chi connectivity index (χ1v) is 7.67. The number of benzene rings is 1. The second-order valence-corrected chi connectivity index (χ2v) is 5.81. The molecule has 0 amide bonds. The summed E-state index contributed by atoms with van der Waals surface area (Å²) in [5.41, 5.74) is 2.31. The van der Waals surface area contributed by atoms with E-state index in [-0.39, 0.29) is 6.10 Å². The number of hydrogen-bond donors (Lipinski definition) is 1. The molecular formula is C16H24ClNO2. The molecule has 1 aromatic rings. The normalized spacial score (nSPS) is 22.9. The van der Waals surface area contributed by atoms with E-state index < -0.39 is 0 Å². The monoisotopic (exact) mass is 297 g/mol. The molecule has 1 heterocycles. The summed E-state index contributed by atoms with van der Waals surface area (Å²) in [6, 6.07) is 6.26. The number of methoxy groups -OCH3 is 1. The number of ether oxygens (including phenoxy) is 2. The molecule has 0 radical (unpaired) electrons. The van der Waals surface area contributed by atoms with Crippen LogP contribution < -0.4 is 5.32 Å². The Bertz CT molecular complexity index is 425. The van der Waals surface area contributed by atoms with Crippen molar-refractivity contribution in [3.63, 3.8) is 0 Å². The van der Waals surface area contributed by atoms with Gasteiger partial charge in [-0.05, 0) is 37.0 Å². The van der Waals surface area contributed by atoms with Crippen LogP contribution in [0.2, 0.25) is 5.02 Å². The van der Waals surface area contributed by atoms with Crippen LogP contribution in [-0.2, 0) is 9.47 Å². The first kappa shape index (κ1) is 15.8. The summed E-state index contributed by atoms with van der Waals surface area (Å²) in [6.07, 6.45) is 2.47. The molecule has 0 aromatic heterocycles. The van der Waals surface area contributed by atoms with Crippen LogP contribution >= 0.6 is 11.6 Å². The van der Waals surface area contributed by atoms with E-state index in [1.54, 1.807) is 7.11 Å². The second kappa shape index (κ2) is 7.99. The predicted octanol–water partition coefficient (Wildman–Crippen LogP) is 3.35. The van der Waals surface area contributed by atoms with Crippen LogP contribution in [0.15, 0.2) is 18.2 Å². The third-order valence-electron chi connectivity index (χ3n) is 3.86. The average molecular weight is 298 g/mol.